The van der Waals surface area contributed by atoms with E-state index in [1.54, 1.807) is 30.5 Å². The van der Waals surface area contributed by atoms with Crippen molar-refractivity contribution in [2.75, 3.05) is 6.26 Å². The highest BCUT2D eigenvalue weighted by molar-refractivity contribution is 7.99. The molecule has 0 bridgehead atoms. The van der Waals surface area contributed by atoms with Crippen molar-refractivity contribution >= 4 is 51.3 Å². The molecule has 1 aromatic heterocycles. The van der Waals surface area contributed by atoms with Gasteiger partial charge in [0, 0.05) is 37.5 Å². The van der Waals surface area contributed by atoms with Crippen molar-refractivity contribution in [3.8, 4) is 0 Å². The van der Waals surface area contributed by atoms with E-state index in [4.69, 9.17) is 27.6 Å². The number of oxazole rings is 1. The molecular formula is C17H15Cl2NO2S2. The summed E-state index contributed by atoms with van der Waals surface area (Å²) in [4.78, 5) is 5.72. The molecule has 126 valence electrons. The maximum atomic E-state index is 11.4. The van der Waals surface area contributed by atoms with Gasteiger partial charge in [-0.3, -0.25) is 4.21 Å². The number of aromatic nitrogens is 1. The van der Waals surface area contributed by atoms with Crippen LogP contribution < -0.4 is 0 Å². The smallest absolute Gasteiger partial charge is 0.293 e. The Morgan fingerprint density at radius 3 is 2.54 bits per heavy atom. The number of nitrogens with zero attached hydrogens (tertiary/aromatic N) is 1. The van der Waals surface area contributed by atoms with Crippen molar-refractivity contribution in [3.05, 3.63) is 70.0 Å². The standard InChI is InChI=1S/C17H15Cl2NO2S2/c1-4-12(6-5-11(2)24(3)21)15-16(22-17(19)20-15)23-14-9-7-13(18)8-10-14/h4-10H,2H2,1,3H3. The van der Waals surface area contributed by atoms with E-state index in [2.05, 4.69) is 11.6 Å². The molecule has 0 radical (unpaired) electrons. The van der Waals surface area contributed by atoms with Crippen LogP contribution in [0.15, 0.2) is 68.4 Å². The minimum Gasteiger partial charge on any atom is -0.420 e. The molecule has 0 fully saturated rings. The van der Waals surface area contributed by atoms with Gasteiger partial charge in [-0.1, -0.05) is 30.3 Å². The molecule has 24 heavy (non-hydrogen) atoms. The van der Waals surface area contributed by atoms with Gasteiger partial charge in [0.15, 0.2) is 5.09 Å². The molecule has 0 spiro atoms. The zero-order valence-corrected chi connectivity index (χ0v) is 16.2. The summed E-state index contributed by atoms with van der Waals surface area (Å²) in [6, 6.07) is 7.39. The number of rotatable bonds is 6. The predicted octanol–water partition coefficient (Wildman–Crippen LogP) is 5.98. The zero-order valence-electron chi connectivity index (χ0n) is 13.1. The molecule has 1 heterocycles. The molecule has 7 heteroatoms. The van der Waals surface area contributed by atoms with Crippen LogP contribution in [0.2, 0.25) is 10.4 Å². The van der Waals surface area contributed by atoms with E-state index >= 15 is 0 Å². The van der Waals surface area contributed by atoms with Gasteiger partial charge in [0.1, 0.15) is 5.69 Å². The average Bonchev–Trinajstić information content (AvgIpc) is 2.90. The lowest BCUT2D eigenvalue weighted by atomic mass is 10.2. The molecular weight excluding hydrogens is 385 g/mol. The number of allylic oxidation sites excluding steroid dienone is 4. The molecule has 0 aliphatic heterocycles. The van der Waals surface area contributed by atoms with Crippen LogP contribution >= 0.6 is 35.0 Å². The third-order valence-corrected chi connectivity index (χ3v) is 5.25. The van der Waals surface area contributed by atoms with Crippen LogP contribution in [0.5, 0.6) is 0 Å². The SMILES string of the molecule is C=C(C=CC(=CC)c1nc(Cl)oc1Sc1ccc(Cl)cc1)S(C)=O. The first-order valence-corrected chi connectivity index (χ1v) is 10.0. The van der Waals surface area contributed by atoms with Crippen molar-refractivity contribution < 1.29 is 8.63 Å². The fourth-order valence-electron chi connectivity index (χ4n) is 1.73. The van der Waals surface area contributed by atoms with E-state index in [1.165, 1.54) is 11.8 Å². The molecule has 0 N–H and O–H groups in total. The molecule has 1 unspecified atom stereocenters. The van der Waals surface area contributed by atoms with Crippen molar-refractivity contribution in [1.29, 1.82) is 0 Å². The minimum atomic E-state index is -1.12. The Kier molecular flexibility index (Phi) is 6.92. The lowest BCUT2D eigenvalue weighted by Crippen LogP contribution is -1.88. The second-order valence-corrected chi connectivity index (χ2v) is 7.90. The topological polar surface area (TPSA) is 43.1 Å². The van der Waals surface area contributed by atoms with Crippen molar-refractivity contribution in [1.82, 2.24) is 4.98 Å². The van der Waals surface area contributed by atoms with Crippen LogP contribution in [0, 0.1) is 0 Å². The van der Waals surface area contributed by atoms with Crippen LogP contribution in [0.25, 0.3) is 5.57 Å². The summed E-state index contributed by atoms with van der Waals surface area (Å²) in [5.41, 5.74) is 1.42. The highest BCUT2D eigenvalue weighted by Gasteiger charge is 2.16. The Morgan fingerprint density at radius 1 is 1.29 bits per heavy atom. The largest absolute Gasteiger partial charge is 0.420 e. The van der Waals surface area contributed by atoms with E-state index in [9.17, 15) is 4.21 Å². The van der Waals surface area contributed by atoms with Gasteiger partial charge in [0.05, 0.1) is 0 Å². The fraction of sp³-hybridized carbons (Fsp3) is 0.118. The molecule has 3 nitrogen and oxygen atoms in total. The van der Waals surface area contributed by atoms with Gasteiger partial charge < -0.3 is 4.42 Å². The van der Waals surface area contributed by atoms with Crippen molar-refractivity contribution in [2.45, 2.75) is 16.9 Å². The molecule has 0 amide bonds. The monoisotopic (exact) mass is 399 g/mol. The van der Waals surface area contributed by atoms with Gasteiger partial charge in [0.2, 0.25) is 0 Å². The fourth-order valence-corrected chi connectivity index (χ4v) is 3.19. The van der Waals surface area contributed by atoms with Crippen LogP contribution in [-0.4, -0.2) is 15.4 Å². The summed E-state index contributed by atoms with van der Waals surface area (Å²) >= 11 is 13.2. The Hall–Kier alpha value is -1.27. The Labute approximate surface area is 157 Å². The summed E-state index contributed by atoms with van der Waals surface area (Å²) < 4.78 is 16.9. The predicted molar refractivity (Wildman–Crippen MR) is 103 cm³/mol. The van der Waals surface area contributed by atoms with Crippen LogP contribution in [0.1, 0.15) is 12.6 Å². The van der Waals surface area contributed by atoms with Gasteiger partial charge in [-0.25, -0.2) is 0 Å². The Morgan fingerprint density at radius 2 is 1.96 bits per heavy atom. The summed E-state index contributed by atoms with van der Waals surface area (Å²) in [6.45, 7) is 5.64. The van der Waals surface area contributed by atoms with Crippen LogP contribution in [0.4, 0.5) is 0 Å². The first-order chi connectivity index (χ1) is 11.4. The third kappa shape index (κ3) is 5.11. The highest BCUT2D eigenvalue weighted by atomic mass is 35.5. The molecule has 0 aliphatic rings. The summed E-state index contributed by atoms with van der Waals surface area (Å²) in [5.74, 6) is 0. The van der Waals surface area contributed by atoms with Gasteiger partial charge in [0.25, 0.3) is 5.35 Å². The highest BCUT2D eigenvalue weighted by Crippen LogP contribution is 2.36. The maximum absolute atomic E-state index is 11.4. The lowest BCUT2D eigenvalue weighted by molar-refractivity contribution is 0.471. The average molecular weight is 400 g/mol. The number of hydrogen-bond acceptors (Lipinski definition) is 4. The molecule has 0 saturated heterocycles. The molecule has 2 aromatic rings. The Balaban J connectivity index is 2.31. The van der Waals surface area contributed by atoms with Crippen LogP contribution in [-0.2, 0) is 10.8 Å². The summed E-state index contributed by atoms with van der Waals surface area (Å²) in [7, 11) is -1.12. The van der Waals surface area contributed by atoms with E-state index in [1.807, 2.05) is 25.1 Å². The zero-order chi connectivity index (χ0) is 17.7. The quantitative estimate of drug-likeness (QED) is 0.559. The third-order valence-electron chi connectivity index (χ3n) is 3.00. The van der Waals surface area contributed by atoms with Gasteiger partial charge >= 0.3 is 0 Å². The maximum Gasteiger partial charge on any atom is 0.293 e. The van der Waals surface area contributed by atoms with E-state index < -0.39 is 10.8 Å². The summed E-state index contributed by atoms with van der Waals surface area (Å²) in [6.07, 6.45) is 6.95. The Bertz CT molecular complexity index is 824. The van der Waals surface area contributed by atoms with Crippen LogP contribution in [0.3, 0.4) is 0 Å². The molecule has 2 rings (SSSR count). The molecule has 1 aromatic carbocycles. The van der Waals surface area contributed by atoms with Gasteiger partial charge in [-0.15, -0.1) is 0 Å². The number of halogens is 2. The first kappa shape index (κ1) is 19.1. The lowest BCUT2D eigenvalue weighted by Gasteiger charge is -2.02. The molecule has 0 saturated carbocycles. The van der Waals surface area contributed by atoms with Gasteiger partial charge in [-0.05, 0) is 60.6 Å². The second kappa shape index (κ2) is 8.72. The minimum absolute atomic E-state index is 0.0621. The number of benzene rings is 1. The molecule has 0 aliphatic carbocycles. The normalized spacial score (nSPS) is 13.4. The summed E-state index contributed by atoms with van der Waals surface area (Å²) in [5, 5.41) is 1.30. The van der Waals surface area contributed by atoms with E-state index in [0.717, 1.165) is 10.5 Å². The van der Waals surface area contributed by atoms with E-state index in [0.29, 0.717) is 20.7 Å². The molecule has 1 atom stereocenters. The number of hydrogen-bond donors (Lipinski definition) is 0. The van der Waals surface area contributed by atoms with Gasteiger partial charge in [-0.2, -0.15) is 4.98 Å². The second-order valence-electron chi connectivity index (χ2n) is 4.66. The van der Waals surface area contributed by atoms with Crippen molar-refractivity contribution in [3.63, 3.8) is 0 Å². The van der Waals surface area contributed by atoms with Crippen molar-refractivity contribution in [2.24, 2.45) is 0 Å². The van der Waals surface area contributed by atoms with E-state index in [-0.39, 0.29) is 5.35 Å². The first-order valence-electron chi connectivity index (χ1n) is 6.87.